The lowest BCUT2D eigenvalue weighted by Crippen LogP contribution is -2.49. The van der Waals surface area contributed by atoms with Crippen LogP contribution in [0, 0.1) is 10.8 Å². The number of hydrogen-bond acceptors (Lipinski definition) is 2. The van der Waals surface area contributed by atoms with Gasteiger partial charge in [-0.2, -0.15) is 0 Å². The summed E-state index contributed by atoms with van der Waals surface area (Å²) in [6.07, 6.45) is 2.70. The van der Waals surface area contributed by atoms with E-state index in [4.69, 9.17) is 0 Å². The molecular weight excluding hydrogens is 208 g/mol. The number of nitrogens with one attached hydrogen (secondary N) is 1. The maximum absolute atomic E-state index is 3.71. The number of piperidine rings is 1. The molecule has 2 fully saturated rings. The van der Waals surface area contributed by atoms with E-state index in [1.165, 1.54) is 25.9 Å². The highest BCUT2D eigenvalue weighted by molar-refractivity contribution is 5.19. The second kappa shape index (κ2) is 4.24. The number of likely N-dealkylation sites (tertiary alicyclic amines) is 1. The third-order valence-corrected chi connectivity index (χ3v) is 5.33. The lowest BCUT2D eigenvalue weighted by molar-refractivity contribution is 0.154. The number of hydrogen-bond donors (Lipinski definition) is 1. The summed E-state index contributed by atoms with van der Waals surface area (Å²) in [6, 6.07) is 2.10. The summed E-state index contributed by atoms with van der Waals surface area (Å²) in [4.78, 5) is 2.74. The topological polar surface area (TPSA) is 15.3 Å². The minimum Gasteiger partial charge on any atom is -0.311 e. The minimum absolute atomic E-state index is 0.493. The van der Waals surface area contributed by atoms with Crippen LogP contribution in [0.4, 0.5) is 0 Å². The van der Waals surface area contributed by atoms with Crippen LogP contribution < -0.4 is 5.32 Å². The summed E-state index contributed by atoms with van der Waals surface area (Å²) < 4.78 is 0. The molecule has 1 saturated heterocycles. The van der Waals surface area contributed by atoms with E-state index in [2.05, 4.69) is 51.8 Å². The Labute approximate surface area is 107 Å². The molecule has 0 spiro atoms. The van der Waals surface area contributed by atoms with Crippen molar-refractivity contribution in [3.63, 3.8) is 0 Å². The molecule has 1 heterocycles. The average molecular weight is 238 g/mol. The molecule has 1 unspecified atom stereocenters. The molecule has 0 aromatic carbocycles. The van der Waals surface area contributed by atoms with Crippen LogP contribution in [-0.2, 0) is 0 Å². The van der Waals surface area contributed by atoms with Gasteiger partial charge in [0.15, 0.2) is 0 Å². The van der Waals surface area contributed by atoms with Crippen molar-refractivity contribution in [2.24, 2.45) is 10.8 Å². The van der Waals surface area contributed by atoms with Gasteiger partial charge in [0.2, 0.25) is 0 Å². The SMILES string of the molecule is CC(C)NC1CCCN(C2C(C)(C)C2(C)C)C1. The fourth-order valence-corrected chi connectivity index (χ4v) is 3.92. The Bertz CT molecular complexity index is 267. The van der Waals surface area contributed by atoms with Crippen molar-refractivity contribution < 1.29 is 0 Å². The van der Waals surface area contributed by atoms with E-state index in [0.29, 0.717) is 22.9 Å². The van der Waals surface area contributed by atoms with Crippen molar-refractivity contribution in [2.75, 3.05) is 13.1 Å². The zero-order valence-electron chi connectivity index (χ0n) is 12.5. The fraction of sp³-hybridized carbons (Fsp3) is 1.00. The lowest BCUT2D eigenvalue weighted by atomic mass is 10.0. The zero-order chi connectivity index (χ0) is 12.8. The molecule has 1 N–H and O–H groups in total. The van der Waals surface area contributed by atoms with E-state index < -0.39 is 0 Å². The Kier molecular flexibility index (Phi) is 3.33. The highest BCUT2D eigenvalue weighted by Crippen LogP contribution is 2.65. The molecule has 0 radical (unpaired) electrons. The highest BCUT2D eigenvalue weighted by Gasteiger charge is 2.67. The smallest absolute Gasteiger partial charge is 0.0210 e. The molecule has 1 aliphatic carbocycles. The van der Waals surface area contributed by atoms with Gasteiger partial charge in [-0.25, -0.2) is 0 Å². The molecule has 2 nitrogen and oxygen atoms in total. The first-order valence-electron chi connectivity index (χ1n) is 7.27. The van der Waals surface area contributed by atoms with Gasteiger partial charge in [0.05, 0.1) is 0 Å². The molecule has 1 saturated carbocycles. The van der Waals surface area contributed by atoms with Gasteiger partial charge >= 0.3 is 0 Å². The summed E-state index contributed by atoms with van der Waals surface area (Å²) >= 11 is 0. The molecule has 1 aliphatic heterocycles. The Hall–Kier alpha value is -0.0800. The summed E-state index contributed by atoms with van der Waals surface area (Å²) in [5.74, 6) is 0. The first kappa shape index (κ1) is 13.4. The maximum atomic E-state index is 3.71. The maximum Gasteiger partial charge on any atom is 0.0210 e. The molecule has 1 atom stereocenters. The second-order valence-electron chi connectivity index (χ2n) is 7.50. The Morgan fingerprint density at radius 2 is 1.71 bits per heavy atom. The van der Waals surface area contributed by atoms with Crippen molar-refractivity contribution in [2.45, 2.75) is 72.5 Å². The van der Waals surface area contributed by atoms with Crippen molar-refractivity contribution in [1.82, 2.24) is 10.2 Å². The molecule has 0 aromatic heterocycles. The van der Waals surface area contributed by atoms with Gasteiger partial charge < -0.3 is 5.32 Å². The molecule has 0 amide bonds. The third kappa shape index (κ3) is 2.26. The molecular formula is C15H30N2. The molecule has 2 aliphatic rings. The lowest BCUT2D eigenvalue weighted by Gasteiger charge is -2.35. The van der Waals surface area contributed by atoms with Gasteiger partial charge in [-0.05, 0) is 30.2 Å². The summed E-state index contributed by atoms with van der Waals surface area (Å²) in [7, 11) is 0. The highest BCUT2D eigenvalue weighted by atomic mass is 15.3. The molecule has 2 heteroatoms. The van der Waals surface area contributed by atoms with Crippen molar-refractivity contribution in [3.05, 3.63) is 0 Å². The van der Waals surface area contributed by atoms with Gasteiger partial charge in [0.1, 0.15) is 0 Å². The van der Waals surface area contributed by atoms with E-state index >= 15 is 0 Å². The van der Waals surface area contributed by atoms with Gasteiger partial charge in [0, 0.05) is 24.7 Å². The van der Waals surface area contributed by atoms with E-state index in [1.807, 2.05) is 0 Å². The van der Waals surface area contributed by atoms with E-state index in [9.17, 15) is 0 Å². The van der Waals surface area contributed by atoms with Crippen LogP contribution in [-0.4, -0.2) is 36.1 Å². The van der Waals surface area contributed by atoms with Crippen LogP contribution in [0.5, 0.6) is 0 Å². The first-order chi connectivity index (χ1) is 7.76. The molecule has 17 heavy (non-hydrogen) atoms. The van der Waals surface area contributed by atoms with E-state index in [1.54, 1.807) is 0 Å². The van der Waals surface area contributed by atoms with E-state index in [0.717, 1.165) is 6.04 Å². The van der Waals surface area contributed by atoms with E-state index in [-0.39, 0.29) is 0 Å². The van der Waals surface area contributed by atoms with Crippen LogP contribution in [0.3, 0.4) is 0 Å². The van der Waals surface area contributed by atoms with Crippen LogP contribution in [0.2, 0.25) is 0 Å². The Morgan fingerprint density at radius 3 is 2.18 bits per heavy atom. The van der Waals surface area contributed by atoms with Crippen LogP contribution >= 0.6 is 0 Å². The molecule has 0 bridgehead atoms. The van der Waals surface area contributed by atoms with Crippen LogP contribution in [0.25, 0.3) is 0 Å². The normalized spacial score (nSPS) is 33.0. The number of nitrogens with zero attached hydrogens (tertiary/aromatic N) is 1. The largest absolute Gasteiger partial charge is 0.311 e. The Balaban J connectivity index is 1.95. The minimum atomic E-state index is 0.493. The summed E-state index contributed by atoms with van der Waals surface area (Å²) in [6.45, 7) is 16.8. The predicted octanol–water partition coefficient (Wildman–Crippen LogP) is 2.88. The van der Waals surface area contributed by atoms with Gasteiger partial charge in [-0.1, -0.05) is 41.5 Å². The number of rotatable bonds is 3. The van der Waals surface area contributed by atoms with Crippen molar-refractivity contribution in [3.8, 4) is 0 Å². The predicted molar refractivity (Wildman–Crippen MR) is 74.2 cm³/mol. The Morgan fingerprint density at radius 1 is 1.12 bits per heavy atom. The summed E-state index contributed by atoms with van der Waals surface area (Å²) in [5.41, 5.74) is 0.986. The molecule has 2 rings (SSSR count). The fourth-order valence-electron chi connectivity index (χ4n) is 3.92. The monoisotopic (exact) mass is 238 g/mol. The van der Waals surface area contributed by atoms with Gasteiger partial charge in [-0.3, -0.25) is 4.90 Å². The van der Waals surface area contributed by atoms with Crippen molar-refractivity contribution >= 4 is 0 Å². The third-order valence-electron chi connectivity index (χ3n) is 5.33. The standard InChI is InChI=1S/C15H30N2/c1-11(2)16-12-8-7-9-17(10-12)13-14(3,4)15(13,5)6/h11-13,16H,7-10H2,1-6H3. The summed E-state index contributed by atoms with van der Waals surface area (Å²) in [5, 5.41) is 3.71. The average Bonchev–Trinajstić information content (AvgIpc) is 2.56. The van der Waals surface area contributed by atoms with Gasteiger partial charge in [-0.15, -0.1) is 0 Å². The first-order valence-corrected chi connectivity index (χ1v) is 7.27. The van der Waals surface area contributed by atoms with Crippen LogP contribution in [0.15, 0.2) is 0 Å². The quantitative estimate of drug-likeness (QED) is 0.813. The molecule has 0 aromatic rings. The zero-order valence-corrected chi connectivity index (χ0v) is 12.5. The van der Waals surface area contributed by atoms with Gasteiger partial charge in [0.25, 0.3) is 0 Å². The second-order valence-corrected chi connectivity index (χ2v) is 7.50. The van der Waals surface area contributed by atoms with Crippen molar-refractivity contribution in [1.29, 1.82) is 0 Å². The molecule has 100 valence electrons. The van der Waals surface area contributed by atoms with Crippen LogP contribution in [0.1, 0.15) is 54.4 Å².